The van der Waals surface area contributed by atoms with Crippen molar-refractivity contribution < 1.29 is 14.3 Å². The van der Waals surface area contributed by atoms with E-state index >= 15 is 0 Å². The molecule has 4 nitrogen and oxygen atoms in total. The summed E-state index contributed by atoms with van der Waals surface area (Å²) in [6.45, 7) is 3.55. The van der Waals surface area contributed by atoms with Gasteiger partial charge < -0.3 is 4.74 Å². The molecule has 0 aliphatic heterocycles. The Morgan fingerprint density at radius 2 is 2.00 bits per heavy atom. The van der Waals surface area contributed by atoms with E-state index in [-0.39, 0.29) is 24.4 Å². The van der Waals surface area contributed by atoms with Crippen LogP contribution in [0.4, 0.5) is 0 Å². The van der Waals surface area contributed by atoms with Crippen molar-refractivity contribution in [2.45, 2.75) is 20.3 Å². The van der Waals surface area contributed by atoms with Gasteiger partial charge in [0.15, 0.2) is 5.78 Å². The van der Waals surface area contributed by atoms with Crippen LogP contribution < -0.4 is 0 Å². The van der Waals surface area contributed by atoms with Gasteiger partial charge in [0.2, 0.25) is 0 Å². The number of benzene rings is 1. The van der Waals surface area contributed by atoms with Gasteiger partial charge in [-0.3, -0.25) is 4.79 Å². The minimum atomic E-state index is -0.651. The first-order valence-electron chi connectivity index (χ1n) is 6.05. The number of carbonyl (C=O) groups excluding carboxylic acids is 2. The van der Waals surface area contributed by atoms with E-state index < -0.39 is 5.97 Å². The Balaban J connectivity index is 3.24. The van der Waals surface area contributed by atoms with E-state index in [2.05, 4.69) is 0 Å². The van der Waals surface area contributed by atoms with E-state index in [4.69, 9.17) is 10.00 Å². The number of ketones is 1. The number of nitriles is 1. The zero-order valence-corrected chi connectivity index (χ0v) is 11.0. The first-order chi connectivity index (χ1) is 9.13. The number of rotatable bonds is 5. The highest BCUT2D eigenvalue weighted by Crippen LogP contribution is 2.15. The molecule has 0 spiro atoms. The lowest BCUT2D eigenvalue weighted by molar-refractivity contribution is -0.139. The van der Waals surface area contributed by atoms with Crippen LogP contribution in [0.5, 0.6) is 0 Å². The van der Waals surface area contributed by atoms with Crippen molar-refractivity contribution in [3.8, 4) is 6.07 Å². The normalized spacial score (nSPS) is 10.7. The van der Waals surface area contributed by atoms with Crippen LogP contribution in [0.1, 0.15) is 31.4 Å². The maximum absolute atomic E-state index is 11.8. The number of ether oxygens (including phenoxy) is 1. The smallest absolute Gasteiger partial charge is 0.341 e. The summed E-state index contributed by atoms with van der Waals surface area (Å²) in [5.74, 6) is -0.951. The maximum Gasteiger partial charge on any atom is 0.341 e. The number of carbonyl (C=O) groups is 2. The van der Waals surface area contributed by atoms with Gasteiger partial charge in [0.05, 0.1) is 18.2 Å². The van der Waals surface area contributed by atoms with Crippen LogP contribution in [0.2, 0.25) is 0 Å². The molecule has 1 aromatic rings. The average Bonchev–Trinajstić information content (AvgIpc) is 2.44. The summed E-state index contributed by atoms with van der Waals surface area (Å²) >= 11 is 0. The van der Waals surface area contributed by atoms with E-state index in [1.807, 2.05) is 6.07 Å². The summed E-state index contributed by atoms with van der Waals surface area (Å²) in [5, 5.41) is 8.99. The molecule has 0 unspecified atom stereocenters. The van der Waals surface area contributed by atoms with Crippen LogP contribution in [-0.2, 0) is 14.3 Å². The summed E-state index contributed by atoms with van der Waals surface area (Å²) in [6, 6.07) is 8.80. The fraction of sp³-hybridized carbons (Fsp3) is 0.267. The molecular weight excluding hydrogens is 242 g/mol. The Bertz CT molecular complexity index is 553. The van der Waals surface area contributed by atoms with Crippen molar-refractivity contribution in [2.75, 3.05) is 6.61 Å². The van der Waals surface area contributed by atoms with E-state index in [1.54, 1.807) is 38.1 Å². The lowest BCUT2D eigenvalue weighted by Gasteiger charge is -2.05. The standard InChI is InChI=1S/C15H15NO3/c1-3-14(17)13(15(18)19-4-2)9-11-7-5-6-8-12(11)10-16/h5-9H,3-4H2,1-2H3. The predicted octanol–water partition coefficient (Wildman–Crippen LogP) is 2.48. The van der Waals surface area contributed by atoms with Crippen LogP contribution in [0.15, 0.2) is 29.8 Å². The van der Waals surface area contributed by atoms with Crippen molar-refractivity contribution >= 4 is 17.8 Å². The van der Waals surface area contributed by atoms with Gasteiger partial charge in [-0.15, -0.1) is 0 Å². The third kappa shape index (κ3) is 3.78. The van der Waals surface area contributed by atoms with Crippen LogP contribution in [0, 0.1) is 11.3 Å². The molecule has 0 aliphatic rings. The third-order valence-electron chi connectivity index (χ3n) is 2.50. The van der Waals surface area contributed by atoms with Crippen molar-refractivity contribution in [1.29, 1.82) is 5.26 Å². The first-order valence-corrected chi connectivity index (χ1v) is 6.05. The highest BCUT2D eigenvalue weighted by molar-refractivity contribution is 6.20. The minimum Gasteiger partial charge on any atom is -0.462 e. The number of Topliss-reactive ketones (excluding diaryl/α,β-unsaturated/α-hetero) is 1. The second-order valence-electron chi connectivity index (χ2n) is 3.75. The van der Waals surface area contributed by atoms with E-state index in [9.17, 15) is 9.59 Å². The molecule has 19 heavy (non-hydrogen) atoms. The van der Waals surface area contributed by atoms with Gasteiger partial charge in [-0.2, -0.15) is 5.26 Å². The Morgan fingerprint density at radius 1 is 1.32 bits per heavy atom. The van der Waals surface area contributed by atoms with Crippen LogP contribution >= 0.6 is 0 Å². The molecule has 0 heterocycles. The fourth-order valence-electron chi connectivity index (χ4n) is 1.53. The number of hydrogen-bond donors (Lipinski definition) is 0. The maximum atomic E-state index is 11.8. The fourth-order valence-corrected chi connectivity index (χ4v) is 1.53. The van der Waals surface area contributed by atoms with Crippen molar-refractivity contribution in [3.05, 3.63) is 41.0 Å². The second kappa shape index (κ2) is 7.12. The van der Waals surface area contributed by atoms with Crippen LogP contribution in [0.3, 0.4) is 0 Å². The van der Waals surface area contributed by atoms with Crippen LogP contribution in [0.25, 0.3) is 6.08 Å². The predicted molar refractivity (Wildman–Crippen MR) is 71.1 cm³/mol. The SMILES string of the molecule is CCOC(=O)C(=Cc1ccccc1C#N)C(=O)CC. The molecule has 0 saturated heterocycles. The molecule has 0 aliphatic carbocycles. The number of hydrogen-bond acceptors (Lipinski definition) is 4. The van der Waals surface area contributed by atoms with Gasteiger partial charge in [0.25, 0.3) is 0 Å². The molecule has 1 aromatic carbocycles. The van der Waals surface area contributed by atoms with Gasteiger partial charge in [-0.05, 0) is 24.6 Å². The summed E-state index contributed by atoms with van der Waals surface area (Å²) in [6.07, 6.45) is 1.63. The Kier molecular flexibility index (Phi) is 5.49. The first kappa shape index (κ1) is 14.7. The van der Waals surface area contributed by atoms with Crippen LogP contribution in [-0.4, -0.2) is 18.4 Å². The largest absolute Gasteiger partial charge is 0.462 e. The Hall–Kier alpha value is -2.41. The average molecular weight is 257 g/mol. The highest BCUT2D eigenvalue weighted by Gasteiger charge is 2.18. The molecule has 4 heteroatoms. The van der Waals surface area contributed by atoms with Gasteiger partial charge in [0, 0.05) is 6.42 Å². The molecule has 98 valence electrons. The summed E-state index contributed by atoms with van der Waals surface area (Å²) in [5.41, 5.74) is 0.926. The van der Waals surface area contributed by atoms with Crippen molar-refractivity contribution in [3.63, 3.8) is 0 Å². The Labute approximate surface area is 112 Å². The molecule has 0 fully saturated rings. The highest BCUT2D eigenvalue weighted by atomic mass is 16.5. The molecule has 0 amide bonds. The zero-order valence-electron chi connectivity index (χ0n) is 11.0. The molecular formula is C15H15NO3. The lowest BCUT2D eigenvalue weighted by Crippen LogP contribution is -2.15. The molecule has 0 N–H and O–H groups in total. The van der Waals surface area contributed by atoms with E-state index in [1.165, 1.54) is 6.08 Å². The van der Waals surface area contributed by atoms with E-state index in [0.29, 0.717) is 11.1 Å². The lowest BCUT2D eigenvalue weighted by atomic mass is 10.0. The molecule has 0 atom stereocenters. The number of esters is 1. The molecule has 0 aromatic heterocycles. The van der Waals surface area contributed by atoms with Crippen molar-refractivity contribution in [1.82, 2.24) is 0 Å². The zero-order chi connectivity index (χ0) is 14.3. The summed E-state index contributed by atoms with van der Waals surface area (Å²) in [7, 11) is 0. The molecule has 0 bridgehead atoms. The summed E-state index contributed by atoms with van der Waals surface area (Å²) < 4.78 is 4.86. The quantitative estimate of drug-likeness (QED) is 0.352. The van der Waals surface area contributed by atoms with Gasteiger partial charge in [0.1, 0.15) is 5.57 Å². The van der Waals surface area contributed by atoms with Gasteiger partial charge in [-0.25, -0.2) is 4.79 Å². The second-order valence-corrected chi connectivity index (χ2v) is 3.75. The monoisotopic (exact) mass is 257 g/mol. The minimum absolute atomic E-state index is 0.0212. The topological polar surface area (TPSA) is 67.2 Å². The third-order valence-corrected chi connectivity index (χ3v) is 2.50. The van der Waals surface area contributed by atoms with Gasteiger partial charge >= 0.3 is 5.97 Å². The van der Waals surface area contributed by atoms with Gasteiger partial charge in [-0.1, -0.05) is 25.1 Å². The molecule has 1 rings (SSSR count). The Morgan fingerprint density at radius 3 is 2.58 bits per heavy atom. The van der Waals surface area contributed by atoms with Crippen molar-refractivity contribution in [2.24, 2.45) is 0 Å². The summed E-state index contributed by atoms with van der Waals surface area (Å²) in [4.78, 5) is 23.5. The molecule has 0 saturated carbocycles. The van der Waals surface area contributed by atoms with E-state index in [0.717, 1.165) is 0 Å². The number of nitrogens with zero attached hydrogens (tertiary/aromatic N) is 1. The molecule has 0 radical (unpaired) electrons.